The molecule has 1 unspecified atom stereocenters. The van der Waals surface area contributed by atoms with Crippen LogP contribution in [0.3, 0.4) is 0 Å². The fourth-order valence-corrected chi connectivity index (χ4v) is 1.29. The highest BCUT2D eigenvalue weighted by molar-refractivity contribution is 5.30. The maximum atomic E-state index is 13.8. The van der Waals surface area contributed by atoms with Gasteiger partial charge < -0.3 is 5.73 Å². The molecule has 78 valence electrons. The normalized spacial score (nSPS) is 14.1. The van der Waals surface area contributed by atoms with E-state index in [1.807, 2.05) is 0 Å². The molecule has 0 saturated carbocycles. The second-order valence-corrected chi connectivity index (χ2v) is 4.18. The van der Waals surface area contributed by atoms with Crippen LogP contribution in [-0.2, 0) is 0 Å². The van der Waals surface area contributed by atoms with E-state index in [1.165, 1.54) is 12.1 Å². The van der Waals surface area contributed by atoms with Crippen LogP contribution in [0.15, 0.2) is 18.2 Å². The first-order valence-electron chi connectivity index (χ1n) is 4.51. The van der Waals surface area contributed by atoms with Gasteiger partial charge in [0.15, 0.2) is 0 Å². The molecule has 0 aliphatic rings. The lowest BCUT2D eigenvalue weighted by Crippen LogP contribution is -2.37. The number of hydrogen-bond acceptors (Lipinski definition) is 1. The third-order valence-electron chi connectivity index (χ3n) is 2.17. The molecule has 14 heavy (non-hydrogen) atoms. The van der Waals surface area contributed by atoms with Crippen LogP contribution in [0, 0.1) is 12.7 Å². The highest BCUT2D eigenvalue weighted by atomic mass is 19.1. The van der Waals surface area contributed by atoms with E-state index >= 15 is 0 Å². The van der Waals surface area contributed by atoms with E-state index in [0.717, 1.165) is 5.56 Å². The Kier molecular flexibility index (Phi) is 2.90. The Balaban J connectivity index is 3.12. The van der Waals surface area contributed by atoms with Gasteiger partial charge in [-0.05, 0) is 44.0 Å². The van der Waals surface area contributed by atoms with Crippen LogP contribution in [0.4, 0.5) is 8.78 Å². The Labute approximate surface area is 82.9 Å². The quantitative estimate of drug-likeness (QED) is 0.778. The minimum absolute atomic E-state index is 0.331. The van der Waals surface area contributed by atoms with Crippen molar-refractivity contribution >= 4 is 0 Å². The number of rotatable bonds is 2. The summed E-state index contributed by atoms with van der Waals surface area (Å²) in [6.45, 7) is 4.91. The average molecular weight is 199 g/mol. The van der Waals surface area contributed by atoms with Crippen molar-refractivity contribution in [2.75, 3.05) is 0 Å². The fraction of sp³-hybridized carbons (Fsp3) is 0.455. The summed E-state index contributed by atoms with van der Waals surface area (Å²) in [6, 6.07) is 4.08. The Morgan fingerprint density at radius 3 is 2.43 bits per heavy atom. The first-order valence-corrected chi connectivity index (χ1v) is 4.51. The molecule has 0 amide bonds. The molecule has 0 spiro atoms. The zero-order valence-electron chi connectivity index (χ0n) is 8.64. The van der Waals surface area contributed by atoms with Crippen LogP contribution in [0.1, 0.15) is 31.1 Å². The van der Waals surface area contributed by atoms with Gasteiger partial charge in [-0.2, -0.15) is 0 Å². The summed E-state index contributed by atoms with van der Waals surface area (Å²) in [5.74, 6) is -0.433. The van der Waals surface area contributed by atoms with E-state index in [2.05, 4.69) is 0 Å². The highest BCUT2D eigenvalue weighted by Gasteiger charge is 2.27. The SMILES string of the molecule is Cc1ccc(F)cc1C(F)C(C)(C)N. The van der Waals surface area contributed by atoms with Gasteiger partial charge >= 0.3 is 0 Å². The Morgan fingerprint density at radius 2 is 1.93 bits per heavy atom. The number of aryl methyl sites for hydroxylation is 1. The summed E-state index contributed by atoms with van der Waals surface area (Å²) in [5.41, 5.74) is 5.70. The molecule has 1 atom stereocenters. The number of alkyl halides is 1. The van der Waals surface area contributed by atoms with Crippen LogP contribution in [-0.4, -0.2) is 5.54 Å². The Morgan fingerprint density at radius 1 is 1.36 bits per heavy atom. The predicted octanol–water partition coefficient (Wildman–Crippen LogP) is 2.88. The lowest BCUT2D eigenvalue weighted by molar-refractivity contribution is 0.222. The van der Waals surface area contributed by atoms with Crippen molar-refractivity contribution in [3.8, 4) is 0 Å². The number of nitrogens with two attached hydrogens (primary N) is 1. The maximum absolute atomic E-state index is 13.8. The van der Waals surface area contributed by atoms with Crippen molar-refractivity contribution in [2.24, 2.45) is 5.73 Å². The van der Waals surface area contributed by atoms with Crippen molar-refractivity contribution in [1.82, 2.24) is 0 Å². The highest BCUT2D eigenvalue weighted by Crippen LogP contribution is 2.30. The number of hydrogen-bond donors (Lipinski definition) is 1. The van der Waals surface area contributed by atoms with Crippen molar-refractivity contribution in [1.29, 1.82) is 0 Å². The fourth-order valence-electron chi connectivity index (χ4n) is 1.29. The standard InChI is InChI=1S/C11H15F2N/c1-7-4-5-8(12)6-9(7)10(13)11(2,3)14/h4-6,10H,14H2,1-3H3. The Bertz CT molecular complexity index is 329. The lowest BCUT2D eigenvalue weighted by Gasteiger charge is -2.25. The minimum Gasteiger partial charge on any atom is -0.323 e. The summed E-state index contributed by atoms with van der Waals surface area (Å²) in [7, 11) is 0. The van der Waals surface area contributed by atoms with E-state index in [0.29, 0.717) is 5.56 Å². The molecule has 0 heterocycles. The van der Waals surface area contributed by atoms with Crippen molar-refractivity contribution in [3.05, 3.63) is 35.1 Å². The summed E-state index contributed by atoms with van der Waals surface area (Å²) in [6.07, 6.45) is -1.35. The van der Waals surface area contributed by atoms with Crippen molar-refractivity contribution in [2.45, 2.75) is 32.5 Å². The molecule has 0 radical (unpaired) electrons. The van der Waals surface area contributed by atoms with Crippen LogP contribution in [0.25, 0.3) is 0 Å². The zero-order chi connectivity index (χ0) is 10.9. The average Bonchev–Trinajstić information content (AvgIpc) is 2.06. The van der Waals surface area contributed by atoms with E-state index in [9.17, 15) is 8.78 Å². The maximum Gasteiger partial charge on any atom is 0.143 e. The van der Waals surface area contributed by atoms with Gasteiger partial charge in [0.05, 0.1) is 0 Å². The number of benzene rings is 1. The third-order valence-corrected chi connectivity index (χ3v) is 2.17. The molecule has 1 nitrogen and oxygen atoms in total. The van der Waals surface area contributed by atoms with Crippen LogP contribution in [0.2, 0.25) is 0 Å². The molecular weight excluding hydrogens is 184 g/mol. The minimum atomic E-state index is -1.35. The van der Waals surface area contributed by atoms with Crippen LogP contribution < -0.4 is 5.73 Å². The van der Waals surface area contributed by atoms with Gasteiger partial charge in [0.2, 0.25) is 0 Å². The van der Waals surface area contributed by atoms with Gasteiger partial charge in [0.25, 0.3) is 0 Å². The van der Waals surface area contributed by atoms with Crippen LogP contribution >= 0.6 is 0 Å². The molecule has 3 heteroatoms. The number of halogens is 2. The molecule has 0 aliphatic carbocycles. The zero-order valence-corrected chi connectivity index (χ0v) is 8.64. The third kappa shape index (κ3) is 2.29. The molecule has 0 bridgehead atoms. The summed E-state index contributed by atoms with van der Waals surface area (Å²) in [5, 5.41) is 0. The smallest absolute Gasteiger partial charge is 0.143 e. The van der Waals surface area contributed by atoms with Crippen molar-refractivity contribution in [3.63, 3.8) is 0 Å². The lowest BCUT2D eigenvalue weighted by atomic mass is 9.91. The predicted molar refractivity (Wildman–Crippen MR) is 53.3 cm³/mol. The Hall–Kier alpha value is -0.960. The monoisotopic (exact) mass is 199 g/mol. The summed E-state index contributed by atoms with van der Waals surface area (Å²) >= 11 is 0. The second-order valence-electron chi connectivity index (χ2n) is 4.18. The summed E-state index contributed by atoms with van der Waals surface area (Å²) in [4.78, 5) is 0. The molecule has 0 fully saturated rings. The molecule has 0 saturated heterocycles. The van der Waals surface area contributed by atoms with Gasteiger partial charge in [-0.1, -0.05) is 6.07 Å². The molecule has 0 aromatic heterocycles. The molecule has 2 N–H and O–H groups in total. The molecule has 0 aliphatic heterocycles. The largest absolute Gasteiger partial charge is 0.323 e. The van der Waals surface area contributed by atoms with E-state index in [-0.39, 0.29) is 0 Å². The van der Waals surface area contributed by atoms with Gasteiger partial charge in [0.1, 0.15) is 12.0 Å². The molecule has 1 rings (SSSR count). The van der Waals surface area contributed by atoms with E-state index in [4.69, 9.17) is 5.73 Å². The first-order chi connectivity index (χ1) is 6.32. The van der Waals surface area contributed by atoms with Crippen molar-refractivity contribution < 1.29 is 8.78 Å². The second kappa shape index (κ2) is 3.65. The van der Waals surface area contributed by atoms with E-state index < -0.39 is 17.5 Å². The first kappa shape index (κ1) is 11.1. The summed E-state index contributed by atoms with van der Waals surface area (Å²) < 4.78 is 26.7. The van der Waals surface area contributed by atoms with E-state index in [1.54, 1.807) is 26.8 Å². The topological polar surface area (TPSA) is 26.0 Å². The molecule has 1 aromatic rings. The van der Waals surface area contributed by atoms with Gasteiger partial charge in [-0.25, -0.2) is 8.78 Å². The van der Waals surface area contributed by atoms with Crippen LogP contribution in [0.5, 0.6) is 0 Å². The molecular formula is C11H15F2N. The molecule has 1 aromatic carbocycles. The van der Waals surface area contributed by atoms with Gasteiger partial charge in [-0.3, -0.25) is 0 Å². The van der Waals surface area contributed by atoms with Gasteiger partial charge in [-0.15, -0.1) is 0 Å². The van der Waals surface area contributed by atoms with Gasteiger partial charge in [0, 0.05) is 5.54 Å².